The first-order chi connectivity index (χ1) is 7.56. The summed E-state index contributed by atoms with van der Waals surface area (Å²) >= 11 is 0. The van der Waals surface area contributed by atoms with Crippen molar-refractivity contribution in [3.8, 4) is 0 Å². The molecule has 0 amide bonds. The van der Waals surface area contributed by atoms with E-state index in [2.05, 4.69) is 51.4 Å². The Balaban J connectivity index is 3.69. The molecule has 0 spiro atoms. The Morgan fingerprint density at radius 1 is 1.19 bits per heavy atom. The average Bonchev–Trinajstić information content (AvgIpc) is 2.24. The molecular formula is C15H25N. The van der Waals surface area contributed by atoms with Gasteiger partial charge in [0.2, 0.25) is 0 Å². The lowest BCUT2D eigenvalue weighted by atomic mass is 10.2. The van der Waals surface area contributed by atoms with E-state index in [-0.39, 0.29) is 0 Å². The van der Waals surface area contributed by atoms with Gasteiger partial charge in [-0.1, -0.05) is 41.5 Å². The van der Waals surface area contributed by atoms with E-state index < -0.39 is 0 Å². The fourth-order valence-electron chi connectivity index (χ4n) is 1.20. The second kappa shape index (κ2) is 9.17. The maximum Gasteiger partial charge on any atom is 0.0164 e. The molecule has 0 aromatic rings. The maximum atomic E-state index is 3.89. The Labute approximate surface area is 101 Å². The van der Waals surface area contributed by atoms with Crippen LogP contribution in [0.1, 0.15) is 33.6 Å². The largest absolute Gasteiger partial charge is 0.313 e. The number of rotatable bonds is 8. The number of hydrogen-bond acceptors (Lipinski definition) is 1. The molecule has 0 aliphatic rings. The van der Waals surface area contributed by atoms with E-state index in [0.717, 1.165) is 19.5 Å². The molecule has 0 heterocycles. The Kier molecular flexibility index (Phi) is 8.55. The molecule has 0 saturated heterocycles. The van der Waals surface area contributed by atoms with Gasteiger partial charge in [0, 0.05) is 6.54 Å². The Morgan fingerprint density at radius 3 is 2.44 bits per heavy atom. The number of allylic oxidation sites excluding steroid dienone is 5. The normalized spacial score (nSPS) is 12.7. The summed E-state index contributed by atoms with van der Waals surface area (Å²) in [5.74, 6) is 0. The summed E-state index contributed by atoms with van der Waals surface area (Å²) in [4.78, 5) is 0. The van der Waals surface area contributed by atoms with Crippen LogP contribution in [0.3, 0.4) is 0 Å². The second-order valence-corrected chi connectivity index (χ2v) is 4.37. The molecule has 0 rings (SSSR count). The summed E-state index contributed by atoms with van der Waals surface area (Å²) in [5.41, 5.74) is 3.80. The molecule has 0 aromatic carbocycles. The topological polar surface area (TPSA) is 12.0 Å². The van der Waals surface area contributed by atoms with Gasteiger partial charge in [0.1, 0.15) is 0 Å². The fraction of sp³-hybridized carbons (Fsp3) is 0.467. The van der Waals surface area contributed by atoms with E-state index in [1.54, 1.807) is 0 Å². The third-order valence-electron chi connectivity index (χ3n) is 2.31. The van der Waals surface area contributed by atoms with E-state index in [1.807, 2.05) is 6.08 Å². The Morgan fingerprint density at radius 2 is 1.88 bits per heavy atom. The van der Waals surface area contributed by atoms with Crippen molar-refractivity contribution in [2.24, 2.45) is 0 Å². The zero-order chi connectivity index (χ0) is 12.4. The molecule has 0 saturated carbocycles. The van der Waals surface area contributed by atoms with E-state index in [9.17, 15) is 0 Å². The molecule has 1 N–H and O–H groups in total. The quantitative estimate of drug-likeness (QED) is 0.369. The number of hydrogen-bond donors (Lipinski definition) is 1. The lowest BCUT2D eigenvalue weighted by molar-refractivity contribution is 0.679. The minimum atomic E-state index is 0.955. The molecule has 0 aliphatic carbocycles. The van der Waals surface area contributed by atoms with Crippen LogP contribution in [-0.2, 0) is 0 Å². The van der Waals surface area contributed by atoms with Crippen LogP contribution in [0.5, 0.6) is 0 Å². The highest BCUT2D eigenvalue weighted by Crippen LogP contribution is 2.00. The minimum Gasteiger partial charge on any atom is -0.313 e. The summed E-state index contributed by atoms with van der Waals surface area (Å²) in [6.45, 7) is 15.9. The highest BCUT2D eigenvalue weighted by molar-refractivity contribution is 5.22. The third-order valence-corrected chi connectivity index (χ3v) is 2.31. The fourth-order valence-corrected chi connectivity index (χ4v) is 1.20. The summed E-state index contributed by atoms with van der Waals surface area (Å²) in [6.07, 6.45) is 8.39. The van der Waals surface area contributed by atoms with Gasteiger partial charge in [-0.05, 0) is 40.2 Å². The van der Waals surface area contributed by atoms with Crippen LogP contribution < -0.4 is 5.32 Å². The van der Waals surface area contributed by atoms with Gasteiger partial charge in [-0.2, -0.15) is 0 Å². The van der Waals surface area contributed by atoms with Gasteiger partial charge in [0.05, 0.1) is 0 Å². The highest BCUT2D eigenvalue weighted by atomic mass is 14.8. The Hall–Kier alpha value is -1.08. The van der Waals surface area contributed by atoms with Crippen molar-refractivity contribution in [2.75, 3.05) is 13.1 Å². The van der Waals surface area contributed by atoms with E-state index >= 15 is 0 Å². The van der Waals surface area contributed by atoms with Gasteiger partial charge in [0.25, 0.3) is 0 Å². The van der Waals surface area contributed by atoms with Gasteiger partial charge >= 0.3 is 0 Å². The zero-order valence-electron chi connectivity index (χ0n) is 11.0. The SMILES string of the molecule is C=C/C(C)=C\C=C(/C)CNCCCC(=C)C. The predicted molar refractivity (Wildman–Crippen MR) is 74.6 cm³/mol. The molecule has 0 bridgehead atoms. The summed E-state index contributed by atoms with van der Waals surface area (Å²) in [6, 6.07) is 0. The van der Waals surface area contributed by atoms with Crippen molar-refractivity contribution in [1.82, 2.24) is 5.32 Å². The molecule has 16 heavy (non-hydrogen) atoms. The van der Waals surface area contributed by atoms with E-state index in [4.69, 9.17) is 0 Å². The minimum absolute atomic E-state index is 0.955. The lowest BCUT2D eigenvalue weighted by Crippen LogP contribution is -2.17. The van der Waals surface area contributed by atoms with Crippen LogP contribution in [0.4, 0.5) is 0 Å². The van der Waals surface area contributed by atoms with E-state index in [0.29, 0.717) is 0 Å². The lowest BCUT2D eigenvalue weighted by Gasteiger charge is -2.04. The molecule has 0 radical (unpaired) electrons. The Bertz CT molecular complexity index is 282. The maximum absolute atomic E-state index is 3.89. The van der Waals surface area contributed by atoms with Crippen LogP contribution in [0, 0.1) is 0 Å². The monoisotopic (exact) mass is 219 g/mol. The summed E-state index contributed by atoms with van der Waals surface area (Å²) in [5, 5.41) is 3.42. The van der Waals surface area contributed by atoms with Gasteiger partial charge in [-0.25, -0.2) is 0 Å². The van der Waals surface area contributed by atoms with Crippen LogP contribution >= 0.6 is 0 Å². The zero-order valence-corrected chi connectivity index (χ0v) is 11.0. The molecule has 90 valence electrons. The van der Waals surface area contributed by atoms with Crippen LogP contribution in [0.25, 0.3) is 0 Å². The van der Waals surface area contributed by atoms with Crippen LogP contribution in [-0.4, -0.2) is 13.1 Å². The standard InChI is InChI=1S/C15H25N/c1-6-14(4)9-10-15(5)12-16-11-7-8-13(2)3/h6,9-10,16H,1-2,7-8,11-12H2,3-5H3/b14-9-,15-10+. The second-order valence-electron chi connectivity index (χ2n) is 4.37. The molecule has 1 heteroatoms. The van der Waals surface area contributed by atoms with Crippen LogP contribution in [0.15, 0.2) is 48.1 Å². The summed E-state index contributed by atoms with van der Waals surface area (Å²) in [7, 11) is 0. The van der Waals surface area contributed by atoms with Crippen molar-refractivity contribution < 1.29 is 0 Å². The first kappa shape index (κ1) is 14.9. The van der Waals surface area contributed by atoms with Crippen LogP contribution in [0.2, 0.25) is 0 Å². The van der Waals surface area contributed by atoms with Crippen molar-refractivity contribution in [1.29, 1.82) is 0 Å². The van der Waals surface area contributed by atoms with E-state index in [1.165, 1.54) is 23.1 Å². The van der Waals surface area contributed by atoms with Gasteiger partial charge in [-0.3, -0.25) is 0 Å². The molecule has 1 nitrogen and oxygen atoms in total. The number of nitrogens with one attached hydrogen (secondary N) is 1. The van der Waals surface area contributed by atoms with Crippen molar-refractivity contribution in [2.45, 2.75) is 33.6 Å². The smallest absolute Gasteiger partial charge is 0.0164 e. The first-order valence-corrected chi connectivity index (χ1v) is 5.88. The first-order valence-electron chi connectivity index (χ1n) is 5.88. The van der Waals surface area contributed by atoms with Gasteiger partial charge in [0.15, 0.2) is 0 Å². The molecular weight excluding hydrogens is 194 g/mol. The molecule has 0 atom stereocenters. The molecule has 0 fully saturated rings. The predicted octanol–water partition coefficient (Wildman–Crippen LogP) is 4.01. The van der Waals surface area contributed by atoms with Crippen molar-refractivity contribution >= 4 is 0 Å². The molecule has 0 unspecified atom stereocenters. The molecule has 0 aromatic heterocycles. The van der Waals surface area contributed by atoms with Gasteiger partial charge in [-0.15, -0.1) is 6.58 Å². The average molecular weight is 219 g/mol. The van der Waals surface area contributed by atoms with Crippen molar-refractivity contribution in [3.05, 3.63) is 48.1 Å². The third kappa shape index (κ3) is 9.47. The highest BCUT2D eigenvalue weighted by Gasteiger charge is 1.90. The summed E-state index contributed by atoms with van der Waals surface area (Å²) < 4.78 is 0. The molecule has 0 aliphatic heterocycles. The van der Waals surface area contributed by atoms with Crippen molar-refractivity contribution in [3.63, 3.8) is 0 Å². The van der Waals surface area contributed by atoms with Gasteiger partial charge < -0.3 is 5.32 Å².